The van der Waals surface area contributed by atoms with Gasteiger partial charge in [0.25, 0.3) is 0 Å². The van der Waals surface area contributed by atoms with Crippen LogP contribution in [-0.2, 0) is 0 Å². The highest BCUT2D eigenvalue weighted by atomic mass is 16.1. The summed E-state index contributed by atoms with van der Waals surface area (Å²) in [6.07, 6.45) is 1.03. The van der Waals surface area contributed by atoms with Crippen molar-refractivity contribution in [1.82, 2.24) is 0 Å². The highest BCUT2D eigenvalue weighted by Gasteiger charge is 2.29. The van der Waals surface area contributed by atoms with Crippen LogP contribution in [0.15, 0.2) is 42.5 Å². The fourth-order valence-electron chi connectivity index (χ4n) is 3.00. The number of fused-ring (bicyclic) bond motifs is 3. The van der Waals surface area contributed by atoms with Crippen LogP contribution in [0, 0.1) is 0 Å². The molecule has 1 amide bonds. The Morgan fingerprint density at radius 1 is 1.11 bits per heavy atom. The molecule has 2 N–H and O–H groups in total. The Morgan fingerprint density at radius 3 is 2.56 bits per heavy atom. The Labute approximate surface area is 106 Å². The molecular formula is C16H15NO. The van der Waals surface area contributed by atoms with Crippen molar-refractivity contribution in [2.75, 3.05) is 0 Å². The molecule has 18 heavy (non-hydrogen) atoms. The maximum Gasteiger partial charge on any atom is 0.249 e. The predicted octanol–water partition coefficient (Wildman–Crippen LogP) is 3.31. The summed E-state index contributed by atoms with van der Waals surface area (Å²) < 4.78 is 0. The molecule has 1 unspecified atom stereocenters. The zero-order valence-electron chi connectivity index (χ0n) is 10.3. The van der Waals surface area contributed by atoms with Gasteiger partial charge in [-0.15, -0.1) is 0 Å². The summed E-state index contributed by atoms with van der Waals surface area (Å²) in [6, 6.07) is 14.1. The average Bonchev–Trinajstić information content (AvgIpc) is 2.72. The summed E-state index contributed by atoms with van der Waals surface area (Å²) in [5.41, 5.74) is 10.9. The van der Waals surface area contributed by atoms with Crippen LogP contribution in [0.5, 0.6) is 0 Å². The minimum Gasteiger partial charge on any atom is -0.366 e. The van der Waals surface area contributed by atoms with E-state index in [9.17, 15) is 4.79 Å². The lowest BCUT2D eigenvalue weighted by atomic mass is 9.94. The first-order valence-corrected chi connectivity index (χ1v) is 6.26. The van der Waals surface area contributed by atoms with Gasteiger partial charge < -0.3 is 5.73 Å². The van der Waals surface area contributed by atoms with E-state index in [1.165, 1.54) is 11.1 Å². The first kappa shape index (κ1) is 11.0. The zero-order chi connectivity index (χ0) is 12.7. The smallest absolute Gasteiger partial charge is 0.249 e. The van der Waals surface area contributed by atoms with Gasteiger partial charge in [-0.25, -0.2) is 0 Å². The van der Waals surface area contributed by atoms with Crippen molar-refractivity contribution in [2.24, 2.45) is 5.73 Å². The van der Waals surface area contributed by atoms with Crippen molar-refractivity contribution in [3.8, 4) is 11.1 Å². The maximum absolute atomic E-state index is 11.6. The van der Waals surface area contributed by atoms with Crippen LogP contribution < -0.4 is 5.73 Å². The number of nitrogens with two attached hydrogens (primary N) is 1. The normalized spacial score (nSPS) is 16.2. The van der Waals surface area contributed by atoms with Crippen LogP contribution in [0.1, 0.15) is 40.7 Å². The summed E-state index contributed by atoms with van der Waals surface area (Å²) in [4.78, 5) is 11.6. The van der Waals surface area contributed by atoms with Gasteiger partial charge >= 0.3 is 0 Å². The molecule has 1 atom stereocenters. The van der Waals surface area contributed by atoms with Crippen LogP contribution in [0.25, 0.3) is 11.1 Å². The standard InChI is InChI=1S/C16H15NO/c1-2-10-11-6-3-4-7-13(11)15-12(10)8-5-9-14(15)16(17)18/h3-10H,2H2,1H3,(H2,17,18). The highest BCUT2D eigenvalue weighted by Crippen LogP contribution is 2.47. The highest BCUT2D eigenvalue weighted by molar-refractivity contribution is 6.02. The van der Waals surface area contributed by atoms with Gasteiger partial charge in [0.15, 0.2) is 0 Å². The zero-order valence-corrected chi connectivity index (χ0v) is 10.3. The molecule has 0 saturated carbocycles. The largest absolute Gasteiger partial charge is 0.366 e. The van der Waals surface area contributed by atoms with Crippen LogP contribution in [-0.4, -0.2) is 5.91 Å². The minimum absolute atomic E-state index is 0.349. The first-order valence-electron chi connectivity index (χ1n) is 6.26. The summed E-state index contributed by atoms with van der Waals surface area (Å²) in [6.45, 7) is 2.17. The molecule has 90 valence electrons. The minimum atomic E-state index is -0.349. The van der Waals surface area contributed by atoms with Crippen molar-refractivity contribution in [2.45, 2.75) is 19.3 Å². The first-order chi connectivity index (χ1) is 8.74. The third kappa shape index (κ3) is 1.39. The number of hydrogen-bond donors (Lipinski definition) is 1. The SMILES string of the molecule is CCC1c2ccccc2-c2c(C(N)=O)cccc21. The number of amides is 1. The van der Waals surface area contributed by atoms with Gasteiger partial charge in [-0.2, -0.15) is 0 Å². The fraction of sp³-hybridized carbons (Fsp3) is 0.188. The molecule has 1 aliphatic rings. The van der Waals surface area contributed by atoms with E-state index in [0.717, 1.165) is 17.5 Å². The molecule has 2 nitrogen and oxygen atoms in total. The molecule has 0 spiro atoms. The molecule has 0 aromatic heterocycles. The monoisotopic (exact) mass is 237 g/mol. The molecule has 2 aromatic carbocycles. The Hall–Kier alpha value is -2.09. The predicted molar refractivity (Wildman–Crippen MR) is 72.5 cm³/mol. The molecule has 0 fully saturated rings. The molecule has 1 aliphatic carbocycles. The van der Waals surface area contributed by atoms with Crippen LogP contribution in [0.3, 0.4) is 0 Å². The van der Waals surface area contributed by atoms with E-state index in [1.807, 2.05) is 18.2 Å². The topological polar surface area (TPSA) is 43.1 Å². The van der Waals surface area contributed by atoms with Gasteiger partial charge in [0.1, 0.15) is 0 Å². The second-order valence-electron chi connectivity index (χ2n) is 4.68. The van der Waals surface area contributed by atoms with Crippen molar-refractivity contribution in [1.29, 1.82) is 0 Å². The molecule has 0 radical (unpaired) electrons. The van der Waals surface area contributed by atoms with E-state index in [2.05, 4.69) is 31.2 Å². The quantitative estimate of drug-likeness (QED) is 0.855. The summed E-state index contributed by atoms with van der Waals surface area (Å²) in [7, 11) is 0. The summed E-state index contributed by atoms with van der Waals surface area (Å²) in [5, 5.41) is 0. The van der Waals surface area contributed by atoms with Crippen molar-refractivity contribution < 1.29 is 4.79 Å². The van der Waals surface area contributed by atoms with E-state index >= 15 is 0 Å². The molecule has 3 rings (SSSR count). The van der Waals surface area contributed by atoms with Crippen molar-refractivity contribution in [3.63, 3.8) is 0 Å². The lowest BCUT2D eigenvalue weighted by Gasteiger charge is -2.10. The van der Waals surface area contributed by atoms with Crippen molar-refractivity contribution >= 4 is 5.91 Å². The second-order valence-corrected chi connectivity index (χ2v) is 4.68. The Balaban J connectivity index is 2.35. The number of benzene rings is 2. The summed E-state index contributed by atoms with van der Waals surface area (Å²) in [5.74, 6) is 0.0360. The number of carbonyl (C=O) groups is 1. The van der Waals surface area contributed by atoms with E-state index < -0.39 is 0 Å². The number of rotatable bonds is 2. The third-order valence-electron chi connectivity index (χ3n) is 3.75. The number of carbonyl (C=O) groups excluding carboxylic acids is 1. The third-order valence-corrected chi connectivity index (χ3v) is 3.75. The molecule has 0 aliphatic heterocycles. The van der Waals surface area contributed by atoms with Gasteiger partial charge in [-0.05, 0) is 34.7 Å². The van der Waals surface area contributed by atoms with Gasteiger partial charge in [0, 0.05) is 11.5 Å². The van der Waals surface area contributed by atoms with E-state index in [4.69, 9.17) is 5.73 Å². The molecule has 0 heterocycles. The molecular weight excluding hydrogens is 222 g/mol. The van der Waals surface area contributed by atoms with E-state index in [1.54, 1.807) is 0 Å². The van der Waals surface area contributed by atoms with Crippen molar-refractivity contribution in [3.05, 3.63) is 59.2 Å². The average molecular weight is 237 g/mol. The van der Waals surface area contributed by atoms with Crippen LogP contribution in [0.4, 0.5) is 0 Å². The lowest BCUT2D eigenvalue weighted by molar-refractivity contribution is 0.100. The maximum atomic E-state index is 11.6. The van der Waals surface area contributed by atoms with E-state index in [-0.39, 0.29) is 5.91 Å². The molecule has 0 saturated heterocycles. The van der Waals surface area contributed by atoms with Crippen LogP contribution in [0.2, 0.25) is 0 Å². The Bertz CT molecular complexity index is 631. The molecule has 0 bridgehead atoms. The molecule has 2 heteroatoms. The van der Waals surface area contributed by atoms with Gasteiger partial charge in [-0.3, -0.25) is 4.79 Å². The van der Waals surface area contributed by atoms with Gasteiger partial charge in [0.05, 0.1) is 0 Å². The Kier molecular flexibility index (Phi) is 2.44. The number of hydrogen-bond acceptors (Lipinski definition) is 1. The summed E-state index contributed by atoms with van der Waals surface area (Å²) >= 11 is 0. The van der Waals surface area contributed by atoms with Gasteiger partial charge in [-0.1, -0.05) is 43.3 Å². The lowest BCUT2D eigenvalue weighted by Crippen LogP contribution is -2.12. The number of primary amides is 1. The Morgan fingerprint density at radius 2 is 1.83 bits per heavy atom. The van der Waals surface area contributed by atoms with E-state index in [0.29, 0.717) is 11.5 Å². The van der Waals surface area contributed by atoms with Crippen LogP contribution >= 0.6 is 0 Å². The molecule has 2 aromatic rings. The van der Waals surface area contributed by atoms with Gasteiger partial charge in [0.2, 0.25) is 5.91 Å². The second kappa shape index (κ2) is 3.98. The fourth-order valence-corrected chi connectivity index (χ4v) is 3.00.